The van der Waals surface area contributed by atoms with Crippen LogP contribution in [0.3, 0.4) is 0 Å². The minimum atomic E-state index is -0.339. The van der Waals surface area contributed by atoms with Crippen LogP contribution in [0.25, 0.3) is 0 Å². The van der Waals surface area contributed by atoms with Crippen molar-refractivity contribution in [2.45, 2.75) is 19.9 Å². The van der Waals surface area contributed by atoms with E-state index in [0.29, 0.717) is 0 Å². The fraction of sp³-hybridized carbons (Fsp3) is 0.417. The lowest BCUT2D eigenvalue weighted by Crippen LogP contribution is -2.35. The van der Waals surface area contributed by atoms with E-state index in [9.17, 15) is 9.90 Å². The van der Waals surface area contributed by atoms with Crippen molar-refractivity contribution < 1.29 is 9.90 Å². The van der Waals surface area contributed by atoms with Crippen LogP contribution in [-0.4, -0.2) is 29.0 Å². The molecule has 1 aromatic carbocycles. The molecule has 0 bridgehead atoms. The highest BCUT2D eigenvalue weighted by molar-refractivity contribution is 5.76. The second-order valence-electron chi connectivity index (χ2n) is 3.80. The second-order valence-corrected chi connectivity index (χ2v) is 3.80. The molecular formula is C12H18N2O2. The number of hydrogen-bond donors (Lipinski definition) is 2. The van der Waals surface area contributed by atoms with Gasteiger partial charge in [-0.25, -0.2) is 0 Å². The molecule has 1 atom stereocenters. The molecule has 4 heteroatoms. The number of phenols is 1. The first kappa shape index (κ1) is 12.5. The van der Waals surface area contributed by atoms with Crippen LogP contribution < -0.4 is 5.73 Å². The van der Waals surface area contributed by atoms with Gasteiger partial charge in [0.2, 0.25) is 5.91 Å². The summed E-state index contributed by atoms with van der Waals surface area (Å²) in [5, 5.41) is 9.39. The Labute approximate surface area is 95.7 Å². The molecule has 0 aliphatic rings. The molecule has 0 saturated heterocycles. The molecule has 1 rings (SSSR count). The van der Waals surface area contributed by atoms with Crippen molar-refractivity contribution >= 4 is 5.91 Å². The van der Waals surface area contributed by atoms with Crippen molar-refractivity contribution in [2.24, 2.45) is 5.73 Å². The molecule has 4 nitrogen and oxygen atoms in total. The zero-order valence-electron chi connectivity index (χ0n) is 9.68. The van der Waals surface area contributed by atoms with Gasteiger partial charge in [-0.2, -0.15) is 0 Å². The maximum atomic E-state index is 10.9. The maximum Gasteiger partial charge on any atom is 0.231 e. The van der Waals surface area contributed by atoms with E-state index >= 15 is 0 Å². The lowest BCUT2D eigenvalue weighted by molar-refractivity contribution is -0.119. The van der Waals surface area contributed by atoms with Crippen LogP contribution >= 0.6 is 0 Å². The monoisotopic (exact) mass is 222 g/mol. The normalized spacial score (nSPS) is 12.7. The molecule has 1 aromatic rings. The third-order valence-electron chi connectivity index (χ3n) is 2.67. The fourth-order valence-corrected chi connectivity index (χ4v) is 1.72. The molecule has 1 amide bonds. The van der Waals surface area contributed by atoms with Crippen LogP contribution in [-0.2, 0) is 4.79 Å². The first-order valence-corrected chi connectivity index (χ1v) is 5.36. The number of benzene rings is 1. The third-order valence-corrected chi connectivity index (χ3v) is 2.67. The number of hydrogen-bond acceptors (Lipinski definition) is 3. The Morgan fingerprint density at radius 3 is 2.75 bits per heavy atom. The Balaban J connectivity index is 2.82. The first-order chi connectivity index (χ1) is 7.54. The van der Waals surface area contributed by atoms with E-state index in [1.165, 1.54) is 0 Å². The highest BCUT2D eigenvalue weighted by Gasteiger charge is 2.15. The first-order valence-electron chi connectivity index (χ1n) is 5.36. The van der Waals surface area contributed by atoms with Crippen molar-refractivity contribution in [3.63, 3.8) is 0 Å². The molecule has 0 aliphatic carbocycles. The topological polar surface area (TPSA) is 66.6 Å². The number of nitrogens with two attached hydrogens (primary N) is 1. The smallest absolute Gasteiger partial charge is 0.231 e. The standard InChI is InChI=1S/C12H18N2O2/c1-3-14(8-12(13)16)9(2)10-5-4-6-11(15)7-10/h4-7,9,15H,3,8H2,1-2H3,(H2,13,16). The van der Waals surface area contributed by atoms with Gasteiger partial charge in [0.15, 0.2) is 0 Å². The zero-order valence-corrected chi connectivity index (χ0v) is 9.68. The predicted molar refractivity (Wildman–Crippen MR) is 63.0 cm³/mol. The van der Waals surface area contributed by atoms with E-state index < -0.39 is 0 Å². The van der Waals surface area contributed by atoms with Gasteiger partial charge < -0.3 is 10.8 Å². The number of rotatable bonds is 5. The number of phenolic OH excluding ortho intramolecular Hbond substituents is 1. The van der Waals surface area contributed by atoms with E-state index in [1.54, 1.807) is 18.2 Å². The summed E-state index contributed by atoms with van der Waals surface area (Å²) in [7, 11) is 0. The number of likely N-dealkylation sites (N-methyl/N-ethyl adjacent to an activating group) is 1. The summed E-state index contributed by atoms with van der Waals surface area (Å²) in [4.78, 5) is 12.9. The minimum absolute atomic E-state index is 0.0598. The maximum absolute atomic E-state index is 10.9. The van der Waals surface area contributed by atoms with E-state index in [2.05, 4.69) is 0 Å². The number of amides is 1. The molecule has 0 radical (unpaired) electrons. The quantitative estimate of drug-likeness (QED) is 0.788. The number of carbonyl (C=O) groups excluding carboxylic acids is 1. The van der Waals surface area contributed by atoms with Gasteiger partial charge >= 0.3 is 0 Å². The van der Waals surface area contributed by atoms with Gasteiger partial charge in [0.25, 0.3) is 0 Å². The van der Waals surface area contributed by atoms with Crippen LogP contribution in [0.1, 0.15) is 25.5 Å². The Morgan fingerprint density at radius 1 is 1.56 bits per heavy atom. The number of nitrogens with zero attached hydrogens (tertiary/aromatic N) is 1. The van der Waals surface area contributed by atoms with Crippen LogP contribution in [0.4, 0.5) is 0 Å². The molecule has 0 saturated carbocycles. The van der Waals surface area contributed by atoms with E-state index in [0.717, 1.165) is 12.1 Å². The van der Waals surface area contributed by atoms with Crippen LogP contribution in [0.5, 0.6) is 5.75 Å². The van der Waals surface area contributed by atoms with Crippen molar-refractivity contribution in [1.29, 1.82) is 0 Å². The summed E-state index contributed by atoms with van der Waals surface area (Å²) in [6.07, 6.45) is 0. The van der Waals surface area contributed by atoms with Gasteiger partial charge in [-0.3, -0.25) is 9.69 Å². The molecule has 16 heavy (non-hydrogen) atoms. The molecule has 0 spiro atoms. The number of aromatic hydroxyl groups is 1. The average Bonchev–Trinajstić information content (AvgIpc) is 2.24. The molecule has 0 aliphatic heterocycles. The van der Waals surface area contributed by atoms with E-state index in [4.69, 9.17) is 5.73 Å². The lowest BCUT2D eigenvalue weighted by atomic mass is 10.1. The SMILES string of the molecule is CCN(CC(N)=O)C(C)c1cccc(O)c1. The van der Waals surface area contributed by atoms with Gasteiger partial charge in [-0.1, -0.05) is 19.1 Å². The summed E-state index contributed by atoms with van der Waals surface area (Å²) < 4.78 is 0. The van der Waals surface area contributed by atoms with Crippen molar-refractivity contribution in [1.82, 2.24) is 4.90 Å². The fourth-order valence-electron chi connectivity index (χ4n) is 1.72. The Bertz CT molecular complexity index is 366. The van der Waals surface area contributed by atoms with Crippen LogP contribution in [0.15, 0.2) is 24.3 Å². The average molecular weight is 222 g/mol. The van der Waals surface area contributed by atoms with Crippen LogP contribution in [0, 0.1) is 0 Å². The van der Waals surface area contributed by atoms with Crippen molar-refractivity contribution in [2.75, 3.05) is 13.1 Å². The lowest BCUT2D eigenvalue weighted by Gasteiger charge is -2.26. The van der Waals surface area contributed by atoms with Crippen molar-refractivity contribution in [3.05, 3.63) is 29.8 Å². The molecule has 88 valence electrons. The Kier molecular flexibility index (Phi) is 4.31. The minimum Gasteiger partial charge on any atom is -0.508 e. The van der Waals surface area contributed by atoms with Gasteiger partial charge in [0.1, 0.15) is 5.75 Å². The summed E-state index contributed by atoms with van der Waals surface area (Å²) >= 11 is 0. The summed E-state index contributed by atoms with van der Waals surface area (Å²) in [6.45, 7) is 4.93. The summed E-state index contributed by atoms with van der Waals surface area (Å²) in [5.74, 6) is -0.103. The Hall–Kier alpha value is -1.55. The molecule has 3 N–H and O–H groups in total. The third kappa shape index (κ3) is 3.24. The molecular weight excluding hydrogens is 204 g/mol. The van der Waals surface area contributed by atoms with Crippen LogP contribution in [0.2, 0.25) is 0 Å². The number of primary amides is 1. The molecule has 0 aromatic heterocycles. The van der Waals surface area contributed by atoms with Gasteiger partial charge in [-0.05, 0) is 31.2 Å². The highest BCUT2D eigenvalue weighted by atomic mass is 16.3. The summed E-state index contributed by atoms with van der Waals surface area (Å²) in [5.41, 5.74) is 6.16. The van der Waals surface area contributed by atoms with Gasteiger partial charge in [0.05, 0.1) is 6.54 Å². The van der Waals surface area contributed by atoms with E-state index in [-0.39, 0.29) is 24.2 Å². The molecule has 1 unspecified atom stereocenters. The number of carbonyl (C=O) groups is 1. The Morgan fingerprint density at radius 2 is 2.25 bits per heavy atom. The zero-order chi connectivity index (χ0) is 12.1. The predicted octanol–water partition coefficient (Wildman–Crippen LogP) is 1.26. The summed E-state index contributed by atoms with van der Waals surface area (Å²) in [6, 6.07) is 7.10. The molecule has 0 fully saturated rings. The second kappa shape index (κ2) is 5.51. The van der Waals surface area contributed by atoms with E-state index in [1.807, 2.05) is 24.8 Å². The van der Waals surface area contributed by atoms with Crippen molar-refractivity contribution in [3.8, 4) is 5.75 Å². The van der Waals surface area contributed by atoms with Gasteiger partial charge in [0, 0.05) is 6.04 Å². The van der Waals surface area contributed by atoms with Gasteiger partial charge in [-0.15, -0.1) is 0 Å². The largest absolute Gasteiger partial charge is 0.508 e. The highest BCUT2D eigenvalue weighted by Crippen LogP contribution is 2.22. The molecule has 0 heterocycles.